The monoisotopic (exact) mass is 449 g/mol. The van der Waals surface area contributed by atoms with Gasteiger partial charge in [-0.1, -0.05) is 67.5 Å². The van der Waals surface area contributed by atoms with Crippen LogP contribution < -0.4 is 0 Å². The van der Waals surface area contributed by atoms with E-state index in [-0.39, 0.29) is 25.1 Å². The maximum Gasteiger partial charge on any atom is 0.337 e. The van der Waals surface area contributed by atoms with E-state index in [4.69, 9.17) is 14.7 Å². The van der Waals surface area contributed by atoms with Crippen LogP contribution in [0.5, 0.6) is 0 Å². The van der Waals surface area contributed by atoms with E-state index in [2.05, 4.69) is 11.2 Å². The van der Waals surface area contributed by atoms with Gasteiger partial charge in [0.1, 0.15) is 0 Å². The van der Waals surface area contributed by atoms with Gasteiger partial charge in [-0.2, -0.15) is 0 Å². The smallest absolute Gasteiger partial charge is 0.337 e. The van der Waals surface area contributed by atoms with Crippen molar-refractivity contribution in [1.29, 1.82) is 0 Å². The molecule has 3 rings (SSSR count). The maximum atomic E-state index is 12.5. The molecule has 0 spiro atoms. The fourth-order valence-electron chi connectivity index (χ4n) is 3.87. The molecule has 174 valence electrons. The zero-order chi connectivity index (χ0) is 23.6. The van der Waals surface area contributed by atoms with Crippen LogP contribution in [0.4, 0.5) is 0 Å². The number of carbonyl (C=O) groups excluding carboxylic acids is 2. The fourth-order valence-corrected chi connectivity index (χ4v) is 3.87. The first-order valence-electron chi connectivity index (χ1n) is 11.5. The fraction of sp³-hybridized carbons (Fsp3) is 0.370. The third kappa shape index (κ3) is 6.39. The van der Waals surface area contributed by atoms with Crippen LogP contribution in [0.15, 0.2) is 59.8 Å². The molecule has 0 amide bonds. The highest BCUT2D eigenvalue weighted by atomic mass is 16.7. The summed E-state index contributed by atoms with van der Waals surface area (Å²) in [5.41, 5.74) is 0.891. The lowest BCUT2D eigenvalue weighted by Gasteiger charge is -2.17. The van der Waals surface area contributed by atoms with Gasteiger partial charge in [-0.05, 0) is 53.3 Å². The van der Waals surface area contributed by atoms with Crippen LogP contribution in [0, 0.1) is 11.8 Å². The molecule has 0 aliphatic carbocycles. The summed E-state index contributed by atoms with van der Waals surface area (Å²) in [4.78, 5) is 30.0. The molecule has 33 heavy (non-hydrogen) atoms. The van der Waals surface area contributed by atoms with Crippen molar-refractivity contribution in [2.45, 2.75) is 39.5 Å². The lowest BCUT2D eigenvalue weighted by atomic mass is 9.94. The number of aliphatic hydroxyl groups is 1. The summed E-state index contributed by atoms with van der Waals surface area (Å²) in [7, 11) is 0. The van der Waals surface area contributed by atoms with Crippen molar-refractivity contribution in [2.75, 3.05) is 13.2 Å². The minimum Gasteiger partial charge on any atom is -0.465 e. The molecule has 0 fully saturated rings. The molecule has 0 aliphatic rings. The molecule has 0 saturated carbocycles. The van der Waals surface area contributed by atoms with Crippen molar-refractivity contribution in [2.24, 2.45) is 17.0 Å². The van der Waals surface area contributed by atoms with E-state index in [1.54, 1.807) is 13.1 Å². The van der Waals surface area contributed by atoms with Gasteiger partial charge >= 0.3 is 11.9 Å². The Morgan fingerprint density at radius 1 is 1.00 bits per heavy atom. The molecular weight excluding hydrogens is 418 g/mol. The van der Waals surface area contributed by atoms with Gasteiger partial charge in [0.25, 0.3) is 0 Å². The average Bonchev–Trinajstić information content (AvgIpc) is 2.84. The van der Waals surface area contributed by atoms with Crippen molar-refractivity contribution >= 4 is 39.7 Å². The number of oxime groups is 1. The second-order valence-corrected chi connectivity index (χ2v) is 8.22. The molecule has 0 aromatic heterocycles. The highest BCUT2D eigenvalue weighted by Gasteiger charge is 2.25. The number of nitrogens with zero attached hydrogens (tertiary/aromatic N) is 1. The van der Waals surface area contributed by atoms with Crippen LogP contribution in [0.3, 0.4) is 0 Å². The number of hydrogen-bond donors (Lipinski definition) is 1. The predicted molar refractivity (Wildman–Crippen MR) is 130 cm³/mol. The van der Waals surface area contributed by atoms with E-state index in [9.17, 15) is 9.59 Å². The average molecular weight is 450 g/mol. The highest BCUT2D eigenvalue weighted by molar-refractivity contribution is 6.13. The van der Waals surface area contributed by atoms with Gasteiger partial charge in [0.2, 0.25) is 0 Å². The van der Waals surface area contributed by atoms with Gasteiger partial charge in [-0.15, -0.1) is 0 Å². The van der Waals surface area contributed by atoms with Gasteiger partial charge in [0.15, 0.2) is 0 Å². The zero-order valence-electron chi connectivity index (χ0n) is 19.2. The topological polar surface area (TPSA) is 85.2 Å². The molecule has 0 aliphatic heterocycles. The molecule has 2 unspecified atom stereocenters. The Labute approximate surface area is 194 Å². The van der Waals surface area contributed by atoms with E-state index < -0.39 is 11.9 Å². The number of unbranched alkanes of at least 4 members (excludes halogenated alkanes) is 1. The van der Waals surface area contributed by atoms with E-state index in [0.29, 0.717) is 25.7 Å². The maximum absolute atomic E-state index is 12.5. The Hall–Kier alpha value is -3.25. The molecule has 1 N–H and O–H groups in total. The Bertz CT molecular complexity index is 1070. The molecule has 0 bridgehead atoms. The zero-order valence-corrected chi connectivity index (χ0v) is 19.2. The number of ether oxygens (including phenoxy) is 1. The third-order valence-corrected chi connectivity index (χ3v) is 5.80. The number of fused-ring (bicyclic) bond motifs is 2. The number of rotatable bonds is 11. The van der Waals surface area contributed by atoms with E-state index >= 15 is 0 Å². The Kier molecular flexibility index (Phi) is 8.95. The lowest BCUT2D eigenvalue weighted by molar-refractivity contribution is -0.152. The van der Waals surface area contributed by atoms with Crippen LogP contribution in [-0.2, 0) is 19.2 Å². The standard InChI is InChI=1S/C27H31NO5/c1-3-20(27(31)32-15-9-8-14-29)16-19(2)26(30)33-28-18-25-23-12-6-4-10-21(23)17-22-11-5-7-13-24(22)25/h4-7,10-13,17-20,29H,3,8-9,14-16H2,1-2H3/b28-18+. The van der Waals surface area contributed by atoms with Crippen LogP contribution in [0.25, 0.3) is 21.5 Å². The van der Waals surface area contributed by atoms with Gasteiger partial charge in [0, 0.05) is 12.2 Å². The van der Waals surface area contributed by atoms with Crippen molar-refractivity contribution in [3.8, 4) is 0 Å². The van der Waals surface area contributed by atoms with Gasteiger partial charge < -0.3 is 14.7 Å². The molecule has 3 aromatic rings. The quantitative estimate of drug-likeness (QED) is 0.108. The largest absolute Gasteiger partial charge is 0.465 e. The molecule has 0 saturated heterocycles. The number of carbonyl (C=O) groups is 2. The minimum absolute atomic E-state index is 0.0761. The SMILES string of the molecule is CCC(CC(C)C(=O)O/N=C/c1c2ccccc2cc2ccccc12)C(=O)OCCCCO. The summed E-state index contributed by atoms with van der Waals surface area (Å²) in [6, 6.07) is 18.2. The molecule has 0 heterocycles. The number of hydrogen-bond acceptors (Lipinski definition) is 6. The van der Waals surface area contributed by atoms with Gasteiger partial charge in [0.05, 0.1) is 24.7 Å². The van der Waals surface area contributed by atoms with E-state index in [1.807, 2.05) is 55.5 Å². The Morgan fingerprint density at radius 3 is 2.24 bits per heavy atom. The first-order chi connectivity index (χ1) is 16.0. The number of aliphatic hydroxyl groups excluding tert-OH is 1. The molecule has 6 nitrogen and oxygen atoms in total. The van der Waals surface area contributed by atoms with Crippen molar-refractivity contribution in [1.82, 2.24) is 0 Å². The Morgan fingerprint density at radius 2 is 1.64 bits per heavy atom. The molecule has 6 heteroatoms. The number of esters is 1. The lowest BCUT2D eigenvalue weighted by Crippen LogP contribution is -2.23. The minimum atomic E-state index is -0.499. The summed E-state index contributed by atoms with van der Waals surface area (Å²) >= 11 is 0. The summed E-state index contributed by atoms with van der Waals surface area (Å²) in [5.74, 6) is -1.68. The van der Waals surface area contributed by atoms with E-state index in [1.165, 1.54) is 0 Å². The van der Waals surface area contributed by atoms with Gasteiger partial charge in [-0.25, -0.2) is 4.79 Å². The van der Waals surface area contributed by atoms with Crippen molar-refractivity contribution in [3.05, 3.63) is 60.2 Å². The second-order valence-electron chi connectivity index (χ2n) is 8.22. The van der Waals surface area contributed by atoms with Crippen LogP contribution >= 0.6 is 0 Å². The third-order valence-electron chi connectivity index (χ3n) is 5.80. The summed E-state index contributed by atoms with van der Waals surface area (Å²) < 4.78 is 5.27. The first kappa shape index (κ1) is 24.4. The van der Waals surface area contributed by atoms with Crippen LogP contribution in [-0.4, -0.2) is 36.5 Å². The molecular formula is C27H31NO5. The second kappa shape index (κ2) is 12.1. The van der Waals surface area contributed by atoms with E-state index in [0.717, 1.165) is 27.1 Å². The first-order valence-corrected chi connectivity index (χ1v) is 11.5. The van der Waals surface area contributed by atoms with Crippen LogP contribution in [0.2, 0.25) is 0 Å². The molecule has 0 radical (unpaired) electrons. The van der Waals surface area contributed by atoms with Crippen LogP contribution in [0.1, 0.15) is 45.1 Å². The Balaban J connectivity index is 1.65. The van der Waals surface area contributed by atoms with Crippen molar-refractivity contribution in [3.63, 3.8) is 0 Å². The van der Waals surface area contributed by atoms with Crippen molar-refractivity contribution < 1.29 is 24.3 Å². The molecule has 2 atom stereocenters. The summed E-state index contributed by atoms with van der Waals surface area (Å²) in [6.45, 7) is 3.97. The van der Waals surface area contributed by atoms with Gasteiger partial charge in [-0.3, -0.25) is 4.79 Å². The highest BCUT2D eigenvalue weighted by Crippen LogP contribution is 2.27. The predicted octanol–water partition coefficient (Wildman–Crippen LogP) is 5.24. The summed E-state index contributed by atoms with van der Waals surface area (Å²) in [6.07, 6.45) is 3.70. The molecule has 3 aromatic carbocycles. The summed E-state index contributed by atoms with van der Waals surface area (Å²) in [5, 5.41) is 17.0. The number of benzene rings is 3. The normalized spacial score (nSPS) is 13.3.